The lowest BCUT2D eigenvalue weighted by atomic mass is 10.1. The minimum atomic E-state index is -4.69. The molecule has 8 heteroatoms. The Morgan fingerprint density at radius 2 is 2.10 bits per heavy atom. The number of anilines is 1. The standard InChI is InChI=1S/C12H10BrF3N2O2/c1-11(20,6-13)10(19)18-8-3-2-7(5-17)9(4-8)12(14,15)16/h2-4,20H,6H2,1H3,(H,18,19)/p+1/t11-/m0/s1. The van der Waals surface area contributed by atoms with E-state index in [9.17, 15) is 18.0 Å². The summed E-state index contributed by atoms with van der Waals surface area (Å²) in [5, 5.41) is 18.6. The lowest BCUT2D eigenvalue weighted by molar-refractivity contribution is -0.137. The van der Waals surface area contributed by atoms with Crippen LogP contribution in [-0.2, 0) is 11.0 Å². The van der Waals surface area contributed by atoms with Crippen molar-refractivity contribution in [3.8, 4) is 6.07 Å². The molecule has 0 aromatic heterocycles. The number of carbonyl (C=O) groups excluding carboxylic acids is 1. The van der Waals surface area contributed by atoms with Gasteiger partial charge in [0, 0.05) is 12.6 Å². The summed E-state index contributed by atoms with van der Waals surface area (Å²) in [4.78, 5) is 11.7. The van der Waals surface area contributed by atoms with Crippen LogP contribution < -0.4 is 5.32 Å². The van der Waals surface area contributed by atoms with Crippen molar-refractivity contribution < 1.29 is 23.1 Å². The molecule has 4 nitrogen and oxygen atoms in total. The summed E-state index contributed by atoms with van der Waals surface area (Å²) in [5.41, 5.74) is -3.26. The number of nitriles is 1. The number of halogens is 4. The van der Waals surface area contributed by atoms with Gasteiger partial charge in [0.05, 0.1) is 22.5 Å². The molecule has 1 amide bonds. The van der Waals surface area contributed by atoms with Gasteiger partial charge in [-0.15, -0.1) is 0 Å². The Morgan fingerprint density at radius 1 is 1.50 bits per heavy atom. The van der Waals surface area contributed by atoms with Crippen molar-refractivity contribution in [3.05, 3.63) is 29.3 Å². The first-order chi connectivity index (χ1) is 9.11. The van der Waals surface area contributed by atoms with Gasteiger partial charge >= 0.3 is 12.1 Å². The summed E-state index contributed by atoms with van der Waals surface area (Å²) in [5.74, 6) is -0.743. The Hall–Kier alpha value is -1.59. The third-order valence-corrected chi connectivity index (χ3v) is 3.59. The van der Waals surface area contributed by atoms with Crippen molar-refractivity contribution >= 4 is 27.5 Å². The van der Waals surface area contributed by atoms with Crippen molar-refractivity contribution in [1.29, 1.82) is 5.26 Å². The molecule has 20 heavy (non-hydrogen) atoms. The zero-order valence-electron chi connectivity index (χ0n) is 10.3. The number of hydrogen-bond donors (Lipinski definition) is 1. The molecule has 0 aliphatic rings. The van der Waals surface area contributed by atoms with E-state index in [1.807, 2.05) is 0 Å². The summed E-state index contributed by atoms with van der Waals surface area (Å²) in [6, 6.07) is 4.30. The molecule has 0 bridgehead atoms. The molecule has 0 radical (unpaired) electrons. The number of alkyl halides is 4. The zero-order valence-corrected chi connectivity index (χ0v) is 11.9. The maximum absolute atomic E-state index is 12.7. The van der Waals surface area contributed by atoms with Gasteiger partial charge in [0.15, 0.2) is 0 Å². The molecule has 0 unspecified atom stereocenters. The summed E-state index contributed by atoms with van der Waals surface area (Å²) in [6.45, 7) is 1.32. The summed E-state index contributed by atoms with van der Waals surface area (Å²) in [7, 11) is 0. The predicted octanol–water partition coefficient (Wildman–Crippen LogP) is 2.39. The van der Waals surface area contributed by atoms with Crippen LogP contribution in [0, 0.1) is 11.3 Å². The number of nitrogens with zero attached hydrogens (tertiary/aromatic N) is 1. The van der Waals surface area contributed by atoms with Gasteiger partial charge < -0.3 is 10.4 Å². The smallest absolute Gasteiger partial charge is 0.417 e. The highest BCUT2D eigenvalue weighted by Gasteiger charge is 2.36. The molecule has 1 aromatic rings. The monoisotopic (exact) mass is 351 g/mol. The molecule has 0 heterocycles. The average Bonchev–Trinajstić information content (AvgIpc) is 2.37. The van der Waals surface area contributed by atoms with E-state index < -0.39 is 28.8 Å². The molecule has 108 valence electrons. The van der Waals surface area contributed by atoms with Crippen LogP contribution in [0.15, 0.2) is 18.2 Å². The maximum Gasteiger partial charge on any atom is 0.417 e. The highest BCUT2D eigenvalue weighted by molar-refractivity contribution is 9.09. The molecule has 1 aromatic carbocycles. The van der Waals surface area contributed by atoms with E-state index in [-0.39, 0.29) is 11.0 Å². The molecular weight excluding hydrogens is 341 g/mol. The Labute approximate surface area is 121 Å². The van der Waals surface area contributed by atoms with Gasteiger partial charge in [-0.05, 0) is 18.2 Å². The first kappa shape index (κ1) is 16.5. The van der Waals surface area contributed by atoms with Crippen LogP contribution in [-0.4, -0.2) is 21.9 Å². The quantitative estimate of drug-likeness (QED) is 0.670. The number of nitrogens with one attached hydrogen (secondary N) is 1. The number of carbonyl (C=O) groups is 1. The lowest BCUT2D eigenvalue weighted by Gasteiger charge is -2.16. The molecule has 0 saturated carbocycles. The SMILES string of the molecule is C[C@]([OH2+])(CBr)C(=O)Nc1ccc(C#N)c(C(F)(F)F)c1. The van der Waals surface area contributed by atoms with Crippen molar-refractivity contribution in [2.75, 3.05) is 10.6 Å². The minimum absolute atomic E-state index is 0.0360. The van der Waals surface area contributed by atoms with Gasteiger partial charge in [-0.1, -0.05) is 15.9 Å². The van der Waals surface area contributed by atoms with Crippen LogP contribution in [0.5, 0.6) is 0 Å². The second kappa shape index (κ2) is 5.81. The third kappa shape index (κ3) is 3.71. The van der Waals surface area contributed by atoms with Crippen LogP contribution in [0.25, 0.3) is 0 Å². The van der Waals surface area contributed by atoms with Crippen molar-refractivity contribution in [3.63, 3.8) is 0 Å². The Kier molecular flexibility index (Phi) is 4.78. The van der Waals surface area contributed by atoms with E-state index in [2.05, 4.69) is 21.2 Å². The Balaban J connectivity index is 3.12. The fraction of sp³-hybridized carbons (Fsp3) is 0.333. The first-order valence-corrected chi connectivity index (χ1v) is 6.47. The molecule has 0 aliphatic heterocycles. The number of hydrogen-bond acceptors (Lipinski definition) is 2. The molecule has 3 N–H and O–H groups in total. The van der Waals surface area contributed by atoms with E-state index in [0.717, 1.165) is 6.07 Å². The van der Waals surface area contributed by atoms with Crippen LogP contribution in [0.4, 0.5) is 18.9 Å². The van der Waals surface area contributed by atoms with E-state index in [0.29, 0.717) is 6.07 Å². The van der Waals surface area contributed by atoms with E-state index in [1.165, 1.54) is 19.1 Å². The molecule has 0 saturated heterocycles. The lowest BCUT2D eigenvalue weighted by Crippen LogP contribution is -2.41. The predicted molar refractivity (Wildman–Crippen MR) is 70.6 cm³/mol. The highest BCUT2D eigenvalue weighted by atomic mass is 79.9. The van der Waals surface area contributed by atoms with Gasteiger partial charge in [0.25, 0.3) is 0 Å². The maximum atomic E-state index is 12.7. The zero-order chi connectivity index (χ0) is 15.6. The molecule has 0 spiro atoms. The van der Waals surface area contributed by atoms with E-state index >= 15 is 0 Å². The summed E-state index contributed by atoms with van der Waals surface area (Å²) in [6.07, 6.45) is -4.69. The summed E-state index contributed by atoms with van der Waals surface area (Å²) >= 11 is 2.98. The van der Waals surface area contributed by atoms with Crippen LogP contribution in [0.3, 0.4) is 0 Å². The second-order valence-corrected chi connectivity index (χ2v) is 4.85. The fourth-order valence-electron chi connectivity index (χ4n) is 1.28. The van der Waals surface area contributed by atoms with E-state index in [1.54, 1.807) is 0 Å². The molecular formula is C12H11BrF3N2O2+. The van der Waals surface area contributed by atoms with Crippen molar-refractivity contribution in [2.45, 2.75) is 18.7 Å². The van der Waals surface area contributed by atoms with Gasteiger partial charge in [-0.3, -0.25) is 4.79 Å². The number of rotatable bonds is 3. The minimum Gasteiger partial charge on any atom is -0.433 e. The summed E-state index contributed by atoms with van der Waals surface area (Å²) < 4.78 is 38.2. The number of amides is 1. The average molecular weight is 352 g/mol. The molecule has 0 fully saturated rings. The second-order valence-electron chi connectivity index (χ2n) is 4.29. The highest BCUT2D eigenvalue weighted by Crippen LogP contribution is 2.33. The first-order valence-electron chi connectivity index (χ1n) is 5.35. The van der Waals surface area contributed by atoms with Crippen LogP contribution >= 0.6 is 15.9 Å². The number of benzene rings is 1. The van der Waals surface area contributed by atoms with E-state index in [4.69, 9.17) is 10.4 Å². The fourth-order valence-corrected chi connectivity index (χ4v) is 1.54. The van der Waals surface area contributed by atoms with Crippen molar-refractivity contribution in [2.24, 2.45) is 0 Å². The van der Waals surface area contributed by atoms with Crippen molar-refractivity contribution in [1.82, 2.24) is 0 Å². The van der Waals surface area contributed by atoms with Gasteiger partial charge in [0.1, 0.15) is 0 Å². The Bertz CT molecular complexity index is 565. The normalized spacial score (nSPS) is 14.2. The molecule has 1 atom stereocenters. The van der Waals surface area contributed by atoms with Gasteiger partial charge in [0.2, 0.25) is 5.60 Å². The van der Waals surface area contributed by atoms with Crippen LogP contribution in [0.2, 0.25) is 0 Å². The third-order valence-electron chi connectivity index (χ3n) is 2.47. The molecule has 1 rings (SSSR count). The van der Waals surface area contributed by atoms with Gasteiger partial charge in [-0.2, -0.15) is 18.4 Å². The molecule has 0 aliphatic carbocycles. The Morgan fingerprint density at radius 3 is 2.55 bits per heavy atom. The topological polar surface area (TPSA) is 75.8 Å². The van der Waals surface area contributed by atoms with Crippen LogP contribution in [0.1, 0.15) is 18.1 Å². The van der Waals surface area contributed by atoms with Gasteiger partial charge in [-0.25, -0.2) is 0 Å². The largest absolute Gasteiger partial charge is 0.433 e.